The first-order valence-electron chi connectivity index (χ1n) is 13.1. The molecule has 0 saturated carbocycles. The lowest BCUT2D eigenvalue weighted by Crippen LogP contribution is -2.36. The molecule has 11 heteroatoms. The highest BCUT2D eigenvalue weighted by Gasteiger charge is 2.31. The molecule has 1 aliphatic rings. The van der Waals surface area contributed by atoms with Gasteiger partial charge >= 0.3 is 5.97 Å². The number of hydrogen-bond donors (Lipinski definition) is 1. The molecule has 0 fully saturated rings. The topological polar surface area (TPSA) is 113 Å². The molecule has 0 unspecified atom stereocenters. The van der Waals surface area contributed by atoms with E-state index in [0.29, 0.717) is 30.1 Å². The van der Waals surface area contributed by atoms with Crippen molar-refractivity contribution in [2.45, 2.75) is 58.1 Å². The van der Waals surface area contributed by atoms with Gasteiger partial charge < -0.3 is 15.0 Å². The third-order valence-electron chi connectivity index (χ3n) is 6.69. The summed E-state index contributed by atoms with van der Waals surface area (Å²) in [6, 6.07) is 14.8. The molecule has 2 aromatic carbocycles. The van der Waals surface area contributed by atoms with Crippen molar-refractivity contribution in [3.05, 3.63) is 81.7 Å². The Morgan fingerprint density at radius 2 is 1.75 bits per heavy atom. The Morgan fingerprint density at radius 1 is 1.07 bits per heavy atom. The molecule has 0 bridgehead atoms. The molecule has 0 atom stereocenters. The minimum Gasteiger partial charge on any atom is -0.462 e. The lowest BCUT2D eigenvalue weighted by Gasteiger charge is -2.26. The van der Waals surface area contributed by atoms with Crippen molar-refractivity contribution >= 4 is 44.1 Å². The van der Waals surface area contributed by atoms with Crippen molar-refractivity contribution in [3.8, 4) is 0 Å². The number of fused-ring (bicyclic) bond motifs is 1. The summed E-state index contributed by atoms with van der Waals surface area (Å²) in [5.41, 5.74) is 2.21. The molecule has 9 nitrogen and oxygen atoms in total. The molecule has 212 valence electrons. The van der Waals surface area contributed by atoms with Crippen LogP contribution in [0.1, 0.15) is 64.4 Å². The molecule has 0 spiro atoms. The number of nitrogens with zero attached hydrogens (tertiary/aromatic N) is 2. The Balaban J connectivity index is 1.57. The van der Waals surface area contributed by atoms with Gasteiger partial charge in [-0.1, -0.05) is 30.3 Å². The first kappa shape index (κ1) is 29.4. The zero-order chi connectivity index (χ0) is 29.0. The Morgan fingerprint density at radius 3 is 2.35 bits per heavy atom. The number of thiophene rings is 1. The highest BCUT2D eigenvalue weighted by molar-refractivity contribution is 7.89. The zero-order valence-electron chi connectivity index (χ0n) is 23.0. The van der Waals surface area contributed by atoms with Crippen LogP contribution in [-0.2, 0) is 39.1 Å². The van der Waals surface area contributed by atoms with E-state index in [1.807, 2.05) is 44.2 Å². The molecule has 2 amide bonds. The summed E-state index contributed by atoms with van der Waals surface area (Å²) in [4.78, 5) is 40.5. The third kappa shape index (κ3) is 6.27. The van der Waals surface area contributed by atoms with E-state index in [1.165, 1.54) is 46.8 Å². The van der Waals surface area contributed by atoms with E-state index in [2.05, 4.69) is 5.32 Å². The van der Waals surface area contributed by atoms with Crippen LogP contribution in [0.15, 0.2) is 59.5 Å². The van der Waals surface area contributed by atoms with Crippen LogP contribution in [0.4, 0.5) is 5.00 Å². The van der Waals surface area contributed by atoms with E-state index >= 15 is 0 Å². The first-order valence-corrected chi connectivity index (χ1v) is 15.3. The average Bonchev–Trinajstić information content (AvgIpc) is 3.29. The number of esters is 1. The van der Waals surface area contributed by atoms with Gasteiger partial charge in [-0.25, -0.2) is 13.2 Å². The minimum atomic E-state index is -3.83. The second-order valence-electron chi connectivity index (χ2n) is 9.73. The van der Waals surface area contributed by atoms with Crippen LogP contribution in [0.3, 0.4) is 0 Å². The molecule has 0 aliphatic carbocycles. The number of benzene rings is 2. The van der Waals surface area contributed by atoms with Crippen molar-refractivity contribution in [2.75, 3.05) is 18.5 Å². The number of anilines is 1. The van der Waals surface area contributed by atoms with Gasteiger partial charge in [0, 0.05) is 36.5 Å². The van der Waals surface area contributed by atoms with Gasteiger partial charge in [0.25, 0.3) is 5.91 Å². The quantitative estimate of drug-likeness (QED) is 0.366. The molecule has 3 aromatic rings. The second kappa shape index (κ2) is 12.3. The lowest BCUT2D eigenvalue weighted by molar-refractivity contribution is -0.129. The van der Waals surface area contributed by atoms with Crippen molar-refractivity contribution < 1.29 is 27.5 Å². The zero-order valence-corrected chi connectivity index (χ0v) is 24.6. The van der Waals surface area contributed by atoms with Gasteiger partial charge in [-0.05, 0) is 62.6 Å². The summed E-state index contributed by atoms with van der Waals surface area (Å²) in [6.45, 7) is 8.10. The molecule has 0 saturated heterocycles. The van der Waals surface area contributed by atoms with Crippen LogP contribution in [0.5, 0.6) is 0 Å². The second-order valence-corrected chi connectivity index (χ2v) is 12.7. The van der Waals surface area contributed by atoms with E-state index in [1.54, 1.807) is 11.8 Å². The van der Waals surface area contributed by atoms with Crippen molar-refractivity contribution in [3.63, 3.8) is 0 Å². The van der Waals surface area contributed by atoms with Crippen LogP contribution in [0, 0.1) is 0 Å². The van der Waals surface area contributed by atoms with Gasteiger partial charge in [0.2, 0.25) is 15.9 Å². The summed E-state index contributed by atoms with van der Waals surface area (Å²) in [5, 5.41) is 3.17. The average molecular weight is 584 g/mol. The molecule has 4 rings (SSSR count). The SMILES string of the molecule is CCOC(=O)c1c(NC(=O)c2ccc(S(=O)(=O)N(Cc3ccccc3)C(C)C)cc2)sc2c1CCN(C(C)=O)C2. The van der Waals surface area contributed by atoms with Crippen LogP contribution in [0.25, 0.3) is 0 Å². The molecule has 40 heavy (non-hydrogen) atoms. The molecular weight excluding hydrogens is 550 g/mol. The Bertz CT molecular complexity index is 1500. The molecular formula is C29H33N3O6S2. The molecule has 1 aliphatic heterocycles. The van der Waals surface area contributed by atoms with Gasteiger partial charge in [-0.3, -0.25) is 9.59 Å². The van der Waals surface area contributed by atoms with Crippen molar-refractivity contribution in [2.24, 2.45) is 0 Å². The maximum Gasteiger partial charge on any atom is 0.341 e. The number of amides is 2. The number of hydrogen-bond acceptors (Lipinski definition) is 7. The van der Waals surface area contributed by atoms with Gasteiger partial charge in [0.15, 0.2) is 0 Å². The molecule has 2 heterocycles. The highest BCUT2D eigenvalue weighted by atomic mass is 32.2. The van der Waals surface area contributed by atoms with Crippen molar-refractivity contribution in [1.29, 1.82) is 0 Å². The number of carbonyl (C=O) groups is 3. The summed E-state index contributed by atoms with van der Waals surface area (Å²) >= 11 is 1.25. The van der Waals surface area contributed by atoms with Crippen molar-refractivity contribution in [1.82, 2.24) is 9.21 Å². The fourth-order valence-electron chi connectivity index (χ4n) is 4.58. The van der Waals surface area contributed by atoms with Crippen LogP contribution >= 0.6 is 11.3 Å². The van der Waals surface area contributed by atoms with E-state index in [0.717, 1.165) is 16.0 Å². The Kier molecular flexibility index (Phi) is 9.07. The monoisotopic (exact) mass is 583 g/mol. The third-order valence-corrected chi connectivity index (χ3v) is 9.86. The van der Waals surface area contributed by atoms with Crippen LogP contribution in [-0.4, -0.2) is 54.6 Å². The Labute approximate surface area is 238 Å². The van der Waals surface area contributed by atoms with Crippen LogP contribution < -0.4 is 5.32 Å². The number of nitrogens with one attached hydrogen (secondary N) is 1. The molecule has 0 radical (unpaired) electrons. The standard InChI is InChI=1S/C29H33N3O6S2/c1-5-38-29(35)26-24-15-16-31(20(4)33)18-25(24)39-28(26)30-27(34)22-11-13-23(14-12-22)40(36,37)32(19(2)3)17-21-9-7-6-8-10-21/h6-14,19H,5,15-18H2,1-4H3,(H,30,34). The number of sulfonamides is 1. The van der Waals surface area contributed by atoms with E-state index in [-0.39, 0.29) is 35.6 Å². The van der Waals surface area contributed by atoms with Gasteiger partial charge in [-0.2, -0.15) is 4.31 Å². The lowest BCUT2D eigenvalue weighted by atomic mass is 10.0. The molecule has 1 N–H and O–H groups in total. The van der Waals surface area contributed by atoms with E-state index < -0.39 is 21.9 Å². The normalized spacial score (nSPS) is 13.3. The summed E-state index contributed by atoms with van der Waals surface area (Å²) in [7, 11) is -3.83. The highest BCUT2D eigenvalue weighted by Crippen LogP contribution is 2.38. The molecule has 1 aromatic heterocycles. The summed E-state index contributed by atoms with van der Waals surface area (Å²) in [6.07, 6.45) is 0.483. The van der Waals surface area contributed by atoms with E-state index in [4.69, 9.17) is 4.74 Å². The number of carbonyl (C=O) groups excluding carboxylic acids is 3. The predicted molar refractivity (Wildman–Crippen MR) is 154 cm³/mol. The first-order chi connectivity index (χ1) is 19.0. The summed E-state index contributed by atoms with van der Waals surface area (Å²) in [5.74, 6) is -1.07. The fourth-order valence-corrected chi connectivity index (χ4v) is 7.45. The smallest absolute Gasteiger partial charge is 0.341 e. The maximum atomic E-state index is 13.5. The summed E-state index contributed by atoms with van der Waals surface area (Å²) < 4.78 is 33.6. The van der Waals surface area contributed by atoms with Gasteiger partial charge in [-0.15, -0.1) is 11.3 Å². The largest absolute Gasteiger partial charge is 0.462 e. The Hall–Kier alpha value is -3.54. The predicted octanol–water partition coefficient (Wildman–Crippen LogP) is 4.68. The number of ether oxygens (including phenoxy) is 1. The maximum absolute atomic E-state index is 13.5. The fraction of sp³-hybridized carbons (Fsp3) is 0.345. The minimum absolute atomic E-state index is 0.0582. The van der Waals surface area contributed by atoms with Gasteiger partial charge in [0.1, 0.15) is 5.00 Å². The number of rotatable bonds is 9. The van der Waals surface area contributed by atoms with E-state index in [9.17, 15) is 22.8 Å². The van der Waals surface area contributed by atoms with Crippen LogP contribution in [0.2, 0.25) is 0 Å². The van der Waals surface area contributed by atoms with Gasteiger partial charge in [0.05, 0.1) is 23.6 Å².